The summed E-state index contributed by atoms with van der Waals surface area (Å²) in [7, 11) is 0. The third kappa shape index (κ3) is 4.86. The Labute approximate surface area is 328 Å². The zero-order valence-corrected chi connectivity index (χ0v) is 31.3. The molecule has 1 aromatic heterocycles. The van der Waals surface area contributed by atoms with E-state index in [0.717, 1.165) is 39.9 Å². The third-order valence-electron chi connectivity index (χ3n) is 13.9. The molecule has 0 N–H and O–H groups in total. The molecule has 8 aromatic rings. The molecule has 4 bridgehead atoms. The maximum atomic E-state index is 5.33. The van der Waals surface area contributed by atoms with E-state index in [4.69, 9.17) is 15.0 Å². The van der Waals surface area contributed by atoms with Crippen molar-refractivity contribution in [2.45, 2.75) is 37.5 Å². The Balaban J connectivity index is 1.04. The monoisotopic (exact) mass is 719 g/mol. The summed E-state index contributed by atoms with van der Waals surface area (Å²) in [6.45, 7) is 0. The highest BCUT2D eigenvalue weighted by Gasteiger charge is 2.62. The van der Waals surface area contributed by atoms with Gasteiger partial charge in [0.15, 0.2) is 17.5 Å². The molecule has 0 atom stereocenters. The fourth-order valence-corrected chi connectivity index (χ4v) is 11.8. The first kappa shape index (κ1) is 32.1. The predicted molar refractivity (Wildman–Crippen MR) is 228 cm³/mol. The van der Waals surface area contributed by atoms with Crippen LogP contribution in [0.5, 0.6) is 0 Å². The summed E-state index contributed by atoms with van der Waals surface area (Å²) in [5, 5.41) is 2.80. The first-order chi connectivity index (χ1) is 27.7. The van der Waals surface area contributed by atoms with Gasteiger partial charge in [0.2, 0.25) is 0 Å². The van der Waals surface area contributed by atoms with Crippen LogP contribution in [0.15, 0.2) is 164 Å². The van der Waals surface area contributed by atoms with Crippen LogP contribution < -0.4 is 0 Å². The van der Waals surface area contributed by atoms with Crippen LogP contribution in [0.3, 0.4) is 0 Å². The Morgan fingerprint density at radius 1 is 0.375 bits per heavy atom. The maximum Gasteiger partial charge on any atom is 0.164 e. The van der Waals surface area contributed by atoms with Gasteiger partial charge in [-0.15, -0.1) is 0 Å². The van der Waals surface area contributed by atoms with Crippen molar-refractivity contribution in [3.63, 3.8) is 0 Å². The van der Waals surface area contributed by atoms with Gasteiger partial charge in [-0.25, -0.2) is 15.0 Å². The van der Waals surface area contributed by atoms with Crippen LogP contribution in [0.1, 0.15) is 43.2 Å². The number of fused-ring (bicyclic) bond motifs is 5. The van der Waals surface area contributed by atoms with Crippen LogP contribution >= 0.6 is 0 Å². The first-order valence-electron chi connectivity index (χ1n) is 20.4. The molecule has 13 rings (SSSR count). The van der Waals surface area contributed by atoms with Crippen molar-refractivity contribution in [2.24, 2.45) is 23.7 Å². The van der Waals surface area contributed by atoms with Crippen molar-refractivity contribution in [3.8, 4) is 67.5 Å². The lowest BCUT2D eigenvalue weighted by Gasteiger charge is -2.61. The quantitative estimate of drug-likeness (QED) is 0.178. The molecule has 1 spiro atoms. The van der Waals surface area contributed by atoms with Gasteiger partial charge in [-0.2, -0.15) is 0 Å². The van der Waals surface area contributed by atoms with Gasteiger partial charge in [0.25, 0.3) is 0 Å². The molecular weight excluding hydrogens is 679 g/mol. The Kier molecular flexibility index (Phi) is 7.11. The van der Waals surface area contributed by atoms with Gasteiger partial charge in [-0.3, -0.25) is 0 Å². The summed E-state index contributed by atoms with van der Waals surface area (Å²) >= 11 is 0. The SMILES string of the molecule is c1ccc(-c2ccc(-c3nc(-c4cccc(-c5ccccc5)c4)nc(-c4ccc5c(c4)C4(c6c-5ccc5ccccc65)C5CC6CC(C5)CC4C6)n3)cc2)cc1. The Hall–Kier alpha value is -6.19. The summed E-state index contributed by atoms with van der Waals surface area (Å²) in [5.41, 5.74) is 13.7. The molecule has 5 aliphatic carbocycles. The predicted octanol–water partition coefficient (Wildman–Crippen LogP) is 13.1. The molecule has 268 valence electrons. The van der Waals surface area contributed by atoms with Gasteiger partial charge in [0, 0.05) is 22.1 Å². The van der Waals surface area contributed by atoms with Crippen LogP contribution in [0.2, 0.25) is 0 Å². The molecule has 5 aliphatic rings. The maximum absolute atomic E-state index is 5.33. The molecule has 0 aliphatic heterocycles. The Bertz CT molecular complexity index is 2780. The molecule has 0 saturated heterocycles. The summed E-state index contributed by atoms with van der Waals surface area (Å²) in [4.78, 5) is 15.8. The second-order valence-electron chi connectivity index (χ2n) is 16.8. The minimum Gasteiger partial charge on any atom is -0.208 e. The molecule has 1 heterocycles. The van der Waals surface area contributed by atoms with E-state index in [-0.39, 0.29) is 5.41 Å². The number of aromatic nitrogens is 3. The van der Waals surface area contributed by atoms with Crippen molar-refractivity contribution >= 4 is 10.8 Å². The zero-order valence-electron chi connectivity index (χ0n) is 31.3. The smallest absolute Gasteiger partial charge is 0.164 e. The average Bonchev–Trinajstić information content (AvgIpc) is 3.56. The number of nitrogens with zero attached hydrogens (tertiary/aromatic N) is 3. The van der Waals surface area contributed by atoms with E-state index in [1.807, 2.05) is 0 Å². The minimum absolute atomic E-state index is 0.0188. The lowest BCUT2D eigenvalue weighted by Crippen LogP contribution is -2.55. The van der Waals surface area contributed by atoms with Gasteiger partial charge < -0.3 is 0 Å². The van der Waals surface area contributed by atoms with E-state index in [1.165, 1.54) is 76.3 Å². The summed E-state index contributed by atoms with van der Waals surface area (Å²) < 4.78 is 0. The minimum atomic E-state index is 0.0188. The average molecular weight is 720 g/mol. The fraction of sp³-hybridized carbons (Fsp3) is 0.189. The summed E-state index contributed by atoms with van der Waals surface area (Å²) in [5.74, 6) is 5.18. The van der Waals surface area contributed by atoms with E-state index in [2.05, 4.69) is 164 Å². The highest BCUT2D eigenvalue weighted by Crippen LogP contribution is 2.70. The summed E-state index contributed by atoms with van der Waals surface area (Å²) in [6.07, 6.45) is 6.81. The van der Waals surface area contributed by atoms with Gasteiger partial charge in [-0.05, 0) is 123 Å². The van der Waals surface area contributed by atoms with Gasteiger partial charge in [-0.1, -0.05) is 152 Å². The van der Waals surface area contributed by atoms with Gasteiger partial charge in [0.05, 0.1) is 0 Å². The Morgan fingerprint density at radius 3 is 1.57 bits per heavy atom. The molecular formula is C53H41N3. The van der Waals surface area contributed by atoms with Crippen LogP contribution in [-0.2, 0) is 5.41 Å². The van der Waals surface area contributed by atoms with Crippen molar-refractivity contribution in [3.05, 3.63) is 175 Å². The molecule has 0 radical (unpaired) electrons. The topological polar surface area (TPSA) is 38.7 Å². The number of hydrogen-bond donors (Lipinski definition) is 0. The van der Waals surface area contributed by atoms with Crippen LogP contribution in [0.25, 0.3) is 78.3 Å². The lowest BCUT2D eigenvalue weighted by molar-refractivity contribution is -0.0393. The van der Waals surface area contributed by atoms with Crippen molar-refractivity contribution in [1.82, 2.24) is 15.0 Å². The highest BCUT2D eigenvalue weighted by atomic mass is 15.0. The second-order valence-corrected chi connectivity index (χ2v) is 16.8. The molecule has 4 fully saturated rings. The molecule has 0 amide bonds. The van der Waals surface area contributed by atoms with E-state index >= 15 is 0 Å². The van der Waals surface area contributed by atoms with Crippen molar-refractivity contribution < 1.29 is 0 Å². The van der Waals surface area contributed by atoms with Gasteiger partial charge in [0.1, 0.15) is 0 Å². The highest BCUT2D eigenvalue weighted by molar-refractivity contribution is 5.98. The molecule has 3 heteroatoms. The van der Waals surface area contributed by atoms with E-state index in [1.54, 1.807) is 5.56 Å². The van der Waals surface area contributed by atoms with Gasteiger partial charge >= 0.3 is 0 Å². The molecule has 7 aromatic carbocycles. The van der Waals surface area contributed by atoms with Crippen LogP contribution in [0, 0.1) is 23.7 Å². The first-order valence-corrected chi connectivity index (χ1v) is 20.4. The standard InChI is InChI=1S/C53H41N3/c1-3-10-35(11-4-1)37-18-20-39(21-19-37)50-54-51(41-16-9-15-40(31-41)36-12-5-2-6-13-36)56-52(55-50)42-23-24-46-47-25-22-38-14-7-8-17-45(38)49(47)53(48(46)32-42)43-27-33-26-34(29-43)30-44(53)28-33/h1-25,31-34,43-44H,26-30H2. The largest absolute Gasteiger partial charge is 0.208 e. The van der Waals surface area contributed by atoms with Crippen LogP contribution in [-0.4, -0.2) is 15.0 Å². The van der Waals surface area contributed by atoms with E-state index < -0.39 is 0 Å². The van der Waals surface area contributed by atoms with Crippen molar-refractivity contribution in [2.75, 3.05) is 0 Å². The van der Waals surface area contributed by atoms with Crippen LogP contribution in [0.4, 0.5) is 0 Å². The summed E-state index contributed by atoms with van der Waals surface area (Å²) in [6, 6.07) is 59.4. The number of hydrogen-bond acceptors (Lipinski definition) is 3. The lowest BCUT2D eigenvalue weighted by atomic mass is 9.43. The normalized spacial score (nSPS) is 22.7. The molecule has 3 nitrogen and oxygen atoms in total. The molecule has 0 unspecified atom stereocenters. The number of rotatable bonds is 5. The Morgan fingerprint density at radius 2 is 0.875 bits per heavy atom. The number of benzene rings is 7. The molecule has 56 heavy (non-hydrogen) atoms. The fourth-order valence-electron chi connectivity index (χ4n) is 11.8. The molecule has 4 saturated carbocycles. The third-order valence-corrected chi connectivity index (χ3v) is 13.9. The van der Waals surface area contributed by atoms with E-state index in [0.29, 0.717) is 23.5 Å². The second kappa shape index (κ2) is 12.4. The van der Waals surface area contributed by atoms with E-state index in [9.17, 15) is 0 Å². The van der Waals surface area contributed by atoms with Crippen molar-refractivity contribution in [1.29, 1.82) is 0 Å². The zero-order chi connectivity index (χ0) is 36.8.